The van der Waals surface area contributed by atoms with Crippen LogP contribution in [0.2, 0.25) is 0 Å². The van der Waals surface area contributed by atoms with Crippen LogP contribution in [0, 0.1) is 6.92 Å². The molecule has 5 rings (SSSR count). The Morgan fingerprint density at radius 2 is 1.31 bits per heavy atom. The lowest BCUT2D eigenvalue weighted by Gasteiger charge is -2.13. The highest BCUT2D eigenvalue weighted by Crippen LogP contribution is 2.33. The van der Waals surface area contributed by atoms with E-state index >= 15 is 0 Å². The Labute approximate surface area is 169 Å². The first-order valence-electron chi connectivity index (χ1n) is 9.32. The maximum atomic E-state index is 13.0. The van der Waals surface area contributed by atoms with Crippen molar-refractivity contribution in [3.8, 4) is 5.69 Å². The van der Waals surface area contributed by atoms with Crippen LogP contribution in [-0.4, -0.2) is 18.0 Å². The maximum Gasteiger partial charge on any atom is 0.206 e. The number of hydrogen-bond donors (Lipinski definition) is 0. The molecule has 0 unspecified atom stereocenters. The molecule has 5 heteroatoms. The van der Waals surface area contributed by atoms with Crippen molar-refractivity contribution in [2.24, 2.45) is 0 Å². The summed E-state index contributed by atoms with van der Waals surface area (Å²) >= 11 is 0. The van der Waals surface area contributed by atoms with Crippen molar-refractivity contribution in [3.63, 3.8) is 0 Å². The summed E-state index contributed by atoms with van der Waals surface area (Å²) in [4.78, 5) is 4.44. The number of pyridine rings is 1. The summed E-state index contributed by atoms with van der Waals surface area (Å²) in [6, 6.07) is 24.9. The third kappa shape index (κ3) is 2.74. The molecule has 0 bridgehead atoms. The van der Waals surface area contributed by atoms with Crippen molar-refractivity contribution in [2.75, 3.05) is 0 Å². The molecule has 29 heavy (non-hydrogen) atoms. The molecule has 5 aromatic rings. The number of para-hydroxylation sites is 2. The monoisotopic (exact) mass is 398 g/mol. The lowest BCUT2D eigenvalue weighted by molar-refractivity contribution is 0.596. The first-order chi connectivity index (χ1) is 14.1. The molecule has 0 aliphatic carbocycles. The van der Waals surface area contributed by atoms with Gasteiger partial charge in [0.05, 0.1) is 20.8 Å². The Kier molecular flexibility index (Phi) is 4.00. The van der Waals surface area contributed by atoms with Gasteiger partial charge < -0.3 is 4.57 Å². The van der Waals surface area contributed by atoms with E-state index in [4.69, 9.17) is 0 Å². The second-order valence-corrected chi connectivity index (χ2v) is 8.95. The molecule has 4 nitrogen and oxygen atoms in total. The van der Waals surface area contributed by atoms with Gasteiger partial charge in [-0.2, -0.15) is 0 Å². The number of sulfone groups is 1. The summed E-state index contributed by atoms with van der Waals surface area (Å²) in [7, 11) is -3.58. The molecular weight excluding hydrogens is 380 g/mol. The standard InChI is InChI=1S/C24H18N2O2S/c1-17-16-19(29(27,28)18-12-14-25-15-13-18)10-11-22(17)26-23-8-4-2-6-20(23)21-7-3-5-9-24(21)26/h2-16H,1H3. The molecule has 2 aromatic heterocycles. The topological polar surface area (TPSA) is 52.0 Å². The third-order valence-electron chi connectivity index (χ3n) is 5.26. The first-order valence-corrected chi connectivity index (χ1v) is 10.8. The van der Waals surface area contributed by atoms with Gasteiger partial charge in [0.15, 0.2) is 0 Å². The number of benzene rings is 3. The molecule has 0 atom stereocenters. The van der Waals surface area contributed by atoms with Crippen LogP contribution in [0.4, 0.5) is 0 Å². The first kappa shape index (κ1) is 17.6. The molecular formula is C24H18N2O2S. The van der Waals surface area contributed by atoms with Crippen molar-refractivity contribution in [2.45, 2.75) is 16.7 Å². The fraction of sp³-hybridized carbons (Fsp3) is 0.0417. The van der Waals surface area contributed by atoms with E-state index in [9.17, 15) is 8.42 Å². The zero-order valence-electron chi connectivity index (χ0n) is 15.8. The predicted octanol–water partition coefficient (Wildman–Crippen LogP) is 5.32. The van der Waals surface area contributed by atoms with Crippen LogP contribution in [0.15, 0.2) is 101 Å². The molecule has 0 aliphatic heterocycles. The van der Waals surface area contributed by atoms with Crippen LogP contribution in [0.5, 0.6) is 0 Å². The van der Waals surface area contributed by atoms with Gasteiger partial charge in [-0.05, 0) is 55.0 Å². The minimum absolute atomic E-state index is 0.247. The summed E-state index contributed by atoms with van der Waals surface area (Å²) in [6.07, 6.45) is 2.98. The minimum atomic E-state index is -3.58. The second-order valence-electron chi connectivity index (χ2n) is 7.00. The van der Waals surface area contributed by atoms with Gasteiger partial charge in [-0.1, -0.05) is 36.4 Å². The Morgan fingerprint density at radius 1 is 0.724 bits per heavy atom. The Morgan fingerprint density at radius 3 is 1.90 bits per heavy atom. The highest BCUT2D eigenvalue weighted by molar-refractivity contribution is 7.91. The molecule has 0 spiro atoms. The molecule has 0 fully saturated rings. The van der Waals surface area contributed by atoms with Gasteiger partial charge in [-0.25, -0.2) is 8.42 Å². The van der Waals surface area contributed by atoms with Crippen molar-refractivity contribution in [1.29, 1.82) is 0 Å². The van der Waals surface area contributed by atoms with Crippen LogP contribution in [-0.2, 0) is 9.84 Å². The fourth-order valence-electron chi connectivity index (χ4n) is 3.88. The van der Waals surface area contributed by atoms with Crippen molar-refractivity contribution in [1.82, 2.24) is 9.55 Å². The predicted molar refractivity (Wildman–Crippen MR) is 115 cm³/mol. The van der Waals surface area contributed by atoms with Crippen LogP contribution in [0.25, 0.3) is 27.5 Å². The van der Waals surface area contributed by atoms with E-state index in [1.807, 2.05) is 37.3 Å². The molecule has 142 valence electrons. The van der Waals surface area contributed by atoms with E-state index < -0.39 is 9.84 Å². The van der Waals surface area contributed by atoms with Crippen LogP contribution < -0.4 is 0 Å². The highest BCUT2D eigenvalue weighted by Gasteiger charge is 2.19. The SMILES string of the molecule is Cc1cc(S(=O)(=O)c2ccncc2)ccc1-n1c2ccccc2c2ccccc21. The number of rotatable bonds is 3. The average molecular weight is 398 g/mol. The number of nitrogens with zero attached hydrogens (tertiary/aromatic N) is 2. The molecule has 0 saturated carbocycles. The Balaban J connectivity index is 1.73. The number of aromatic nitrogens is 2. The fourth-order valence-corrected chi connectivity index (χ4v) is 5.21. The normalized spacial score (nSPS) is 11.9. The lowest BCUT2D eigenvalue weighted by Crippen LogP contribution is -2.04. The molecule has 3 aromatic carbocycles. The quantitative estimate of drug-likeness (QED) is 0.413. The Hall–Kier alpha value is -3.44. The van der Waals surface area contributed by atoms with E-state index in [0.29, 0.717) is 0 Å². The third-order valence-corrected chi connectivity index (χ3v) is 7.03. The maximum absolute atomic E-state index is 13.0. The number of aryl methyl sites for hydroxylation is 1. The molecule has 0 saturated heterocycles. The summed E-state index contributed by atoms with van der Waals surface area (Å²) in [6.45, 7) is 1.95. The number of hydrogen-bond acceptors (Lipinski definition) is 3. The van der Waals surface area contributed by atoms with Gasteiger partial charge in [0.1, 0.15) is 0 Å². The highest BCUT2D eigenvalue weighted by atomic mass is 32.2. The Bertz CT molecular complexity index is 1420. The second kappa shape index (κ2) is 6.57. The molecule has 0 N–H and O–H groups in total. The van der Waals surface area contributed by atoms with Crippen LogP contribution in [0.1, 0.15) is 5.56 Å². The molecule has 0 aliphatic rings. The summed E-state index contributed by atoms with van der Waals surface area (Å²) in [5.41, 5.74) is 4.06. The molecule has 2 heterocycles. The van der Waals surface area contributed by atoms with Gasteiger partial charge in [-0.3, -0.25) is 4.98 Å². The van der Waals surface area contributed by atoms with E-state index in [1.54, 1.807) is 12.1 Å². The largest absolute Gasteiger partial charge is 0.309 e. The summed E-state index contributed by atoms with van der Waals surface area (Å²) in [5, 5.41) is 2.35. The van der Waals surface area contributed by atoms with E-state index in [1.165, 1.54) is 35.3 Å². The number of fused-ring (bicyclic) bond motifs is 3. The van der Waals surface area contributed by atoms with E-state index in [2.05, 4.69) is 33.8 Å². The van der Waals surface area contributed by atoms with E-state index in [0.717, 1.165) is 22.3 Å². The zero-order chi connectivity index (χ0) is 20.0. The van der Waals surface area contributed by atoms with Crippen molar-refractivity contribution < 1.29 is 8.42 Å². The lowest BCUT2D eigenvalue weighted by atomic mass is 10.2. The molecule has 0 radical (unpaired) electrons. The van der Waals surface area contributed by atoms with Gasteiger partial charge in [0.25, 0.3) is 0 Å². The van der Waals surface area contributed by atoms with Crippen molar-refractivity contribution >= 4 is 31.6 Å². The van der Waals surface area contributed by atoms with E-state index in [-0.39, 0.29) is 9.79 Å². The zero-order valence-corrected chi connectivity index (χ0v) is 16.6. The molecule has 0 amide bonds. The van der Waals surface area contributed by atoms with Gasteiger partial charge >= 0.3 is 0 Å². The average Bonchev–Trinajstić information content (AvgIpc) is 3.09. The van der Waals surface area contributed by atoms with Gasteiger partial charge in [0.2, 0.25) is 9.84 Å². The summed E-state index contributed by atoms with van der Waals surface area (Å²) < 4.78 is 28.1. The van der Waals surface area contributed by atoms with Gasteiger partial charge in [-0.15, -0.1) is 0 Å². The van der Waals surface area contributed by atoms with Gasteiger partial charge in [0, 0.05) is 28.9 Å². The minimum Gasteiger partial charge on any atom is -0.309 e. The summed E-state index contributed by atoms with van der Waals surface area (Å²) in [5.74, 6) is 0. The smallest absolute Gasteiger partial charge is 0.206 e. The van der Waals surface area contributed by atoms with Crippen LogP contribution in [0.3, 0.4) is 0 Å². The van der Waals surface area contributed by atoms with Crippen LogP contribution >= 0.6 is 0 Å². The van der Waals surface area contributed by atoms with Crippen molar-refractivity contribution in [3.05, 3.63) is 96.8 Å².